The Labute approximate surface area is 259 Å². The van der Waals surface area contributed by atoms with E-state index in [4.69, 9.17) is 24.8 Å². The van der Waals surface area contributed by atoms with Crippen LogP contribution in [0.3, 0.4) is 0 Å². The zero-order chi connectivity index (χ0) is 29.7. The zero-order valence-corrected chi connectivity index (χ0v) is 23.6. The molecular weight excluding hydrogens is 654 g/mol. The molecule has 14 nitrogen and oxygen atoms in total. The van der Waals surface area contributed by atoms with Crippen LogP contribution < -0.4 is 0 Å². The van der Waals surface area contributed by atoms with Gasteiger partial charge in [-0.05, 0) is 48.5 Å². The van der Waals surface area contributed by atoms with Gasteiger partial charge in [0.25, 0.3) is 0 Å². The summed E-state index contributed by atoms with van der Waals surface area (Å²) in [6.07, 6.45) is 0. The number of benzene rings is 4. The molecule has 0 aliphatic rings. The summed E-state index contributed by atoms with van der Waals surface area (Å²) >= 11 is 0. The Balaban J connectivity index is 0.000000206. The molecule has 0 saturated carbocycles. The number of rotatable bonds is 6. The molecule has 0 N–H and O–H groups in total. The Morgan fingerprint density at radius 1 is 0.605 bits per heavy atom. The fourth-order valence-corrected chi connectivity index (χ4v) is 3.58. The topological polar surface area (TPSA) is 180 Å². The summed E-state index contributed by atoms with van der Waals surface area (Å²) in [5.74, 6) is -0.750. The molecule has 0 bridgehead atoms. The Hall–Kier alpha value is -5.44. The van der Waals surface area contributed by atoms with Gasteiger partial charge < -0.3 is 24.8 Å². The normalized spacial score (nSPS) is 9.86. The van der Waals surface area contributed by atoms with Crippen molar-refractivity contribution in [3.05, 3.63) is 136 Å². The quantitative estimate of drug-likeness (QED) is 0.107. The average molecular weight is 676 g/mol. The molecule has 0 aliphatic carbocycles. The van der Waals surface area contributed by atoms with Crippen molar-refractivity contribution in [3.8, 4) is 0 Å². The van der Waals surface area contributed by atoms with Gasteiger partial charge in [-0.15, -0.1) is 10.2 Å². The number of ether oxygens (including phenoxy) is 2. The average Bonchev–Trinajstić information content (AvgIpc) is 3.64. The summed E-state index contributed by atoms with van der Waals surface area (Å²) in [5.41, 5.74) is 4.27. The molecule has 222 valence electrons. The number of nitrogens with zero attached hydrogens (tertiary/aromatic N) is 7. The third-order valence-electron chi connectivity index (χ3n) is 5.50. The van der Waals surface area contributed by atoms with Crippen LogP contribution in [0.15, 0.2) is 109 Å². The largest absolute Gasteiger partial charge is 1.00 e. The number of fused-ring (bicyclic) bond motifs is 2. The molecule has 0 amide bonds. The van der Waals surface area contributed by atoms with Crippen molar-refractivity contribution in [3.63, 3.8) is 0 Å². The third kappa shape index (κ3) is 9.29. The van der Waals surface area contributed by atoms with Gasteiger partial charge in [-0.3, -0.25) is 0 Å². The van der Waals surface area contributed by atoms with E-state index in [0.29, 0.717) is 11.1 Å². The maximum absolute atomic E-state index is 11.8. The first-order chi connectivity index (χ1) is 20.4. The van der Waals surface area contributed by atoms with Crippen molar-refractivity contribution in [2.24, 2.45) is 0 Å². The zero-order valence-electron chi connectivity index (χ0n) is 22.1. The Morgan fingerprint density at radius 2 is 0.930 bits per heavy atom. The number of hydrogen-bond donors (Lipinski definition) is 0. The fraction of sp³-hybridized carbons (Fsp3) is 0.0714. The van der Waals surface area contributed by atoms with Gasteiger partial charge in [-0.25, -0.2) is 19.0 Å². The number of esters is 2. The van der Waals surface area contributed by atoms with Crippen molar-refractivity contribution >= 4 is 34.0 Å². The number of carbonyl (C=O) groups is 2. The second-order valence-electron chi connectivity index (χ2n) is 8.23. The van der Waals surface area contributed by atoms with Gasteiger partial charge in [0.1, 0.15) is 11.0 Å². The second-order valence-corrected chi connectivity index (χ2v) is 8.23. The molecule has 43 heavy (non-hydrogen) atoms. The Bertz CT molecular complexity index is 1650. The monoisotopic (exact) mass is 675 g/mol. The number of para-hydroxylation sites is 2. The molecule has 0 unspecified atom stereocenters. The number of hydrogen-bond acceptors (Lipinski definition) is 11. The minimum absolute atomic E-state index is 0. The standard InChI is InChI=1S/2C14H11N3O2.Ag.NO3/c2*18-14(11-6-2-1-3-7-11)19-10-17-13-9-5-4-8-12(13)15-16-17;;2-1(3)4/h2*1-9H,10H2;;/q;;+1;-1. The summed E-state index contributed by atoms with van der Waals surface area (Å²) in [6.45, 7) is 0.0997. The summed E-state index contributed by atoms with van der Waals surface area (Å²) in [4.78, 5) is 31.8. The van der Waals surface area contributed by atoms with E-state index in [1.807, 2.05) is 60.7 Å². The molecule has 6 rings (SSSR count). The molecule has 4 aromatic carbocycles. The maximum Gasteiger partial charge on any atom is 1.00 e. The van der Waals surface area contributed by atoms with E-state index in [1.54, 1.807) is 57.9 Å². The predicted molar refractivity (Wildman–Crippen MR) is 149 cm³/mol. The number of aromatic nitrogens is 6. The summed E-state index contributed by atoms with van der Waals surface area (Å²) in [6, 6.07) is 32.7. The van der Waals surface area contributed by atoms with E-state index in [9.17, 15) is 9.59 Å². The summed E-state index contributed by atoms with van der Waals surface area (Å²) in [7, 11) is 0. The maximum atomic E-state index is 11.8. The molecule has 0 saturated heterocycles. The van der Waals surface area contributed by atoms with Gasteiger partial charge >= 0.3 is 34.3 Å². The van der Waals surface area contributed by atoms with Crippen LogP contribution >= 0.6 is 0 Å². The first kappa shape index (κ1) is 32.1. The van der Waals surface area contributed by atoms with Crippen LogP contribution in [0.5, 0.6) is 0 Å². The van der Waals surface area contributed by atoms with E-state index in [1.165, 1.54) is 0 Å². The molecule has 0 spiro atoms. The Morgan fingerprint density at radius 3 is 1.30 bits per heavy atom. The van der Waals surface area contributed by atoms with Crippen molar-refractivity contribution in [2.75, 3.05) is 0 Å². The van der Waals surface area contributed by atoms with Crippen molar-refractivity contribution in [1.29, 1.82) is 0 Å². The van der Waals surface area contributed by atoms with Crippen LogP contribution in [0, 0.1) is 15.3 Å². The molecule has 6 aromatic rings. The van der Waals surface area contributed by atoms with Crippen LogP contribution in [0.2, 0.25) is 0 Å². The van der Waals surface area contributed by atoms with Crippen LogP contribution in [0.25, 0.3) is 22.1 Å². The molecule has 0 aliphatic heterocycles. The molecule has 2 aromatic heterocycles. The SMILES string of the molecule is O=C(OCn1nnc2ccccc21)c1ccccc1.O=C(OCn1nnc2ccccc21)c1ccccc1.O=[N+]([O-])[O-].[Ag+]. The van der Waals surface area contributed by atoms with Gasteiger partial charge in [-0.1, -0.05) is 71.1 Å². The Kier molecular flexibility index (Phi) is 12.0. The van der Waals surface area contributed by atoms with E-state index in [0.717, 1.165) is 22.1 Å². The minimum Gasteiger partial charge on any atom is -0.439 e. The summed E-state index contributed by atoms with van der Waals surface area (Å²) < 4.78 is 13.5. The molecule has 0 radical (unpaired) electrons. The van der Waals surface area contributed by atoms with E-state index < -0.39 is 5.09 Å². The van der Waals surface area contributed by atoms with Crippen molar-refractivity contribution in [1.82, 2.24) is 30.0 Å². The molecule has 0 atom stereocenters. The molecular formula is C28H22AgN7O7. The van der Waals surface area contributed by atoms with Crippen LogP contribution in [-0.2, 0) is 45.3 Å². The fourth-order valence-electron chi connectivity index (χ4n) is 3.58. The molecule has 0 fully saturated rings. The minimum atomic E-state index is -1.75. The second kappa shape index (κ2) is 16.1. The van der Waals surface area contributed by atoms with E-state index >= 15 is 0 Å². The van der Waals surface area contributed by atoms with Crippen LogP contribution in [0.1, 0.15) is 20.7 Å². The first-order valence-corrected chi connectivity index (χ1v) is 12.2. The third-order valence-corrected chi connectivity index (χ3v) is 5.50. The summed E-state index contributed by atoms with van der Waals surface area (Å²) in [5, 5.41) is 30.6. The molecule has 15 heteroatoms. The van der Waals surface area contributed by atoms with Crippen LogP contribution in [-0.4, -0.2) is 47.0 Å². The van der Waals surface area contributed by atoms with Gasteiger partial charge in [0, 0.05) is 0 Å². The molecule has 2 heterocycles. The van der Waals surface area contributed by atoms with Crippen molar-refractivity contribution in [2.45, 2.75) is 13.5 Å². The number of carbonyl (C=O) groups excluding carboxylic acids is 2. The van der Waals surface area contributed by atoms with E-state index in [-0.39, 0.29) is 47.8 Å². The van der Waals surface area contributed by atoms with Gasteiger partial charge in [0.15, 0.2) is 13.5 Å². The van der Waals surface area contributed by atoms with Crippen LogP contribution in [0.4, 0.5) is 0 Å². The van der Waals surface area contributed by atoms with Gasteiger partial charge in [-0.2, -0.15) is 0 Å². The predicted octanol–water partition coefficient (Wildman–Crippen LogP) is 4.25. The van der Waals surface area contributed by atoms with E-state index in [2.05, 4.69) is 20.6 Å². The van der Waals surface area contributed by atoms with Crippen molar-refractivity contribution < 1.29 is 46.5 Å². The van der Waals surface area contributed by atoms with Gasteiger partial charge in [0.05, 0.1) is 27.2 Å². The van der Waals surface area contributed by atoms with Gasteiger partial charge in [0.2, 0.25) is 0 Å². The first-order valence-electron chi connectivity index (χ1n) is 12.2. The smallest absolute Gasteiger partial charge is 0.439 e.